The van der Waals surface area contributed by atoms with Gasteiger partial charge < -0.3 is 15.7 Å². The Kier molecular flexibility index (Phi) is 5.74. The lowest BCUT2D eigenvalue weighted by atomic mass is 9.80. The minimum Gasteiger partial charge on any atom is -0.475 e. The van der Waals surface area contributed by atoms with Crippen LogP contribution in [0.4, 0.5) is 13.2 Å². The van der Waals surface area contributed by atoms with Crippen LogP contribution in [-0.4, -0.2) is 48.8 Å². The summed E-state index contributed by atoms with van der Waals surface area (Å²) < 4.78 is 31.7. The van der Waals surface area contributed by atoms with Crippen LogP contribution in [0.2, 0.25) is 0 Å². The van der Waals surface area contributed by atoms with Crippen LogP contribution in [0, 0.1) is 5.92 Å². The van der Waals surface area contributed by atoms with Crippen molar-refractivity contribution in [3.05, 3.63) is 0 Å². The van der Waals surface area contributed by atoms with Crippen molar-refractivity contribution >= 4 is 5.97 Å². The Morgan fingerprint density at radius 2 is 1.88 bits per heavy atom. The number of halogens is 3. The van der Waals surface area contributed by atoms with Crippen LogP contribution in [0.15, 0.2) is 0 Å². The number of rotatable bonds is 2. The molecule has 1 fully saturated rings. The van der Waals surface area contributed by atoms with E-state index in [0.29, 0.717) is 6.04 Å². The van der Waals surface area contributed by atoms with Gasteiger partial charge in [-0.2, -0.15) is 13.2 Å². The second-order valence-electron chi connectivity index (χ2n) is 4.07. The molecule has 0 bridgehead atoms. The van der Waals surface area contributed by atoms with Crippen molar-refractivity contribution in [3.8, 4) is 0 Å². The zero-order valence-electron chi connectivity index (χ0n) is 9.29. The van der Waals surface area contributed by atoms with Gasteiger partial charge in [-0.25, -0.2) is 4.79 Å². The zero-order valence-corrected chi connectivity index (χ0v) is 9.29. The standard InChI is InChI=1S/C7H16N2.C2HF3O2/c1-9(2)5-6-3-4-7(6)8;3-2(4,5)1(6)7/h6-7H,3-5,8H2,1-2H3;(H,6,7)/t6-,7+;/m1./s1. The lowest BCUT2D eigenvalue weighted by Gasteiger charge is -2.35. The summed E-state index contributed by atoms with van der Waals surface area (Å²) in [5, 5.41) is 7.12. The van der Waals surface area contributed by atoms with Gasteiger partial charge in [-0.3, -0.25) is 0 Å². The second kappa shape index (κ2) is 6.05. The average molecular weight is 242 g/mol. The largest absolute Gasteiger partial charge is 0.490 e. The van der Waals surface area contributed by atoms with E-state index in [0.717, 1.165) is 5.92 Å². The molecule has 0 heterocycles. The van der Waals surface area contributed by atoms with E-state index in [1.165, 1.54) is 19.4 Å². The van der Waals surface area contributed by atoms with Crippen LogP contribution in [0.1, 0.15) is 12.8 Å². The van der Waals surface area contributed by atoms with Crippen LogP contribution in [0.3, 0.4) is 0 Å². The Hall–Kier alpha value is -0.820. The van der Waals surface area contributed by atoms with E-state index in [1.54, 1.807) is 0 Å². The second-order valence-corrected chi connectivity index (χ2v) is 4.07. The summed E-state index contributed by atoms with van der Waals surface area (Å²) in [4.78, 5) is 11.1. The van der Waals surface area contributed by atoms with Gasteiger partial charge in [-0.15, -0.1) is 0 Å². The van der Waals surface area contributed by atoms with E-state index in [4.69, 9.17) is 15.6 Å². The molecule has 16 heavy (non-hydrogen) atoms. The first-order chi connectivity index (χ1) is 7.14. The summed E-state index contributed by atoms with van der Waals surface area (Å²) in [5.74, 6) is -1.98. The molecule has 0 saturated heterocycles. The molecule has 1 aliphatic carbocycles. The van der Waals surface area contributed by atoms with Crippen molar-refractivity contribution in [2.24, 2.45) is 11.7 Å². The first-order valence-corrected chi connectivity index (χ1v) is 4.85. The molecule has 0 aromatic rings. The van der Waals surface area contributed by atoms with E-state index in [-0.39, 0.29) is 0 Å². The first-order valence-electron chi connectivity index (χ1n) is 4.85. The summed E-state index contributed by atoms with van der Waals surface area (Å²) in [5.41, 5.74) is 5.74. The van der Waals surface area contributed by atoms with Gasteiger partial charge in [0.05, 0.1) is 0 Å². The number of alkyl halides is 3. The molecular weight excluding hydrogens is 225 g/mol. The number of aliphatic carboxylic acids is 1. The molecule has 2 atom stereocenters. The molecule has 0 amide bonds. The summed E-state index contributed by atoms with van der Waals surface area (Å²) >= 11 is 0. The molecule has 3 N–H and O–H groups in total. The highest BCUT2D eigenvalue weighted by atomic mass is 19.4. The zero-order chi connectivity index (χ0) is 12.9. The molecule has 0 aromatic carbocycles. The Labute approximate surface area is 92.2 Å². The Morgan fingerprint density at radius 1 is 1.44 bits per heavy atom. The predicted molar refractivity (Wildman–Crippen MR) is 52.9 cm³/mol. The molecule has 0 aromatic heterocycles. The third-order valence-electron chi connectivity index (χ3n) is 2.32. The highest BCUT2D eigenvalue weighted by molar-refractivity contribution is 5.73. The summed E-state index contributed by atoms with van der Waals surface area (Å²) in [7, 11) is 4.20. The topological polar surface area (TPSA) is 66.6 Å². The average Bonchev–Trinajstić information content (AvgIpc) is 2.11. The molecule has 4 nitrogen and oxygen atoms in total. The van der Waals surface area contributed by atoms with Crippen molar-refractivity contribution in [1.82, 2.24) is 4.90 Å². The highest BCUT2D eigenvalue weighted by Crippen LogP contribution is 2.25. The minimum absolute atomic E-state index is 0.493. The Morgan fingerprint density at radius 3 is 1.94 bits per heavy atom. The first kappa shape index (κ1) is 15.2. The van der Waals surface area contributed by atoms with Gasteiger partial charge in [0.15, 0.2) is 0 Å². The monoisotopic (exact) mass is 242 g/mol. The van der Waals surface area contributed by atoms with E-state index in [1.807, 2.05) is 0 Å². The molecule has 0 radical (unpaired) electrons. The quantitative estimate of drug-likeness (QED) is 0.755. The van der Waals surface area contributed by atoms with Gasteiger partial charge in [0.25, 0.3) is 0 Å². The molecule has 0 spiro atoms. The van der Waals surface area contributed by atoms with E-state index in [9.17, 15) is 13.2 Å². The number of nitrogens with two attached hydrogens (primary N) is 1. The van der Waals surface area contributed by atoms with Crippen molar-refractivity contribution in [2.75, 3.05) is 20.6 Å². The number of nitrogens with zero attached hydrogens (tertiary/aromatic N) is 1. The fourth-order valence-corrected chi connectivity index (χ4v) is 1.29. The van der Waals surface area contributed by atoms with E-state index < -0.39 is 12.1 Å². The molecule has 96 valence electrons. The lowest BCUT2D eigenvalue weighted by molar-refractivity contribution is -0.192. The van der Waals surface area contributed by atoms with Gasteiger partial charge in [-0.1, -0.05) is 0 Å². The maximum atomic E-state index is 10.6. The van der Waals surface area contributed by atoms with E-state index in [2.05, 4.69) is 19.0 Å². The third-order valence-corrected chi connectivity index (χ3v) is 2.32. The summed E-state index contributed by atoms with van der Waals surface area (Å²) in [6.45, 7) is 1.17. The molecule has 7 heteroatoms. The molecule has 1 rings (SSSR count). The van der Waals surface area contributed by atoms with Crippen LogP contribution < -0.4 is 5.73 Å². The minimum atomic E-state index is -5.08. The van der Waals surface area contributed by atoms with Crippen LogP contribution in [0.5, 0.6) is 0 Å². The normalized spacial score (nSPS) is 24.4. The summed E-state index contributed by atoms with van der Waals surface area (Å²) in [6, 6.07) is 0.493. The molecule has 0 unspecified atom stereocenters. The maximum absolute atomic E-state index is 10.6. The lowest BCUT2D eigenvalue weighted by Crippen LogP contribution is -2.44. The fraction of sp³-hybridized carbons (Fsp3) is 0.889. The highest BCUT2D eigenvalue weighted by Gasteiger charge is 2.38. The van der Waals surface area contributed by atoms with Crippen LogP contribution >= 0.6 is 0 Å². The Bertz CT molecular complexity index is 231. The van der Waals surface area contributed by atoms with Gasteiger partial charge in [0.2, 0.25) is 0 Å². The smallest absolute Gasteiger partial charge is 0.475 e. The molecular formula is C9H17F3N2O2. The molecule has 1 aliphatic rings. The fourth-order valence-electron chi connectivity index (χ4n) is 1.29. The van der Waals surface area contributed by atoms with Crippen molar-refractivity contribution < 1.29 is 23.1 Å². The SMILES string of the molecule is CN(C)C[C@H]1CC[C@@H]1N.O=C(O)C(F)(F)F. The van der Waals surface area contributed by atoms with Gasteiger partial charge >= 0.3 is 12.1 Å². The van der Waals surface area contributed by atoms with Crippen molar-refractivity contribution in [2.45, 2.75) is 25.1 Å². The van der Waals surface area contributed by atoms with Gasteiger partial charge in [0.1, 0.15) is 0 Å². The molecule has 0 aliphatic heterocycles. The van der Waals surface area contributed by atoms with Gasteiger partial charge in [0, 0.05) is 12.6 Å². The van der Waals surface area contributed by atoms with Crippen LogP contribution in [0.25, 0.3) is 0 Å². The van der Waals surface area contributed by atoms with Crippen LogP contribution in [-0.2, 0) is 4.79 Å². The number of carbonyl (C=O) groups is 1. The van der Waals surface area contributed by atoms with Crippen molar-refractivity contribution in [1.29, 1.82) is 0 Å². The van der Waals surface area contributed by atoms with Crippen molar-refractivity contribution in [3.63, 3.8) is 0 Å². The predicted octanol–water partition coefficient (Wildman–Crippen LogP) is 0.919. The number of hydrogen-bond acceptors (Lipinski definition) is 3. The summed E-state index contributed by atoms with van der Waals surface area (Å²) in [6.07, 6.45) is -2.52. The number of hydrogen-bond donors (Lipinski definition) is 2. The number of carboxylic acids is 1. The third kappa shape index (κ3) is 5.92. The number of carboxylic acid groups (broad SMARTS) is 1. The molecule has 1 saturated carbocycles. The van der Waals surface area contributed by atoms with Gasteiger partial charge in [-0.05, 0) is 32.9 Å². The van der Waals surface area contributed by atoms with E-state index >= 15 is 0 Å². The maximum Gasteiger partial charge on any atom is 0.490 e. The Balaban J connectivity index is 0.000000293.